The first-order valence-corrected chi connectivity index (χ1v) is 4.95. The minimum atomic E-state index is -0.604. The van der Waals surface area contributed by atoms with Gasteiger partial charge in [0.05, 0.1) is 18.2 Å². The van der Waals surface area contributed by atoms with Crippen LogP contribution in [-0.2, 0) is 4.74 Å². The number of Topliss-reactive ketones (excluding diaryl/α,β-unsaturated/α-hetero) is 1. The molecule has 0 bridgehead atoms. The van der Waals surface area contributed by atoms with Gasteiger partial charge in [0.15, 0.2) is 11.5 Å². The monoisotopic (exact) mass is 222 g/mol. The molecular formula is C11H14N2O3. The molecule has 0 aliphatic rings. The summed E-state index contributed by atoms with van der Waals surface area (Å²) in [5.41, 5.74) is 5.47. The molecule has 1 aromatic rings. The van der Waals surface area contributed by atoms with Gasteiger partial charge in [-0.05, 0) is 26.0 Å². The SMILES string of the molecule is CC(C)OC(=O)c1ncccc1C(=O)CN. The lowest BCUT2D eigenvalue weighted by Crippen LogP contribution is -2.21. The van der Waals surface area contributed by atoms with Gasteiger partial charge >= 0.3 is 5.97 Å². The van der Waals surface area contributed by atoms with Crippen molar-refractivity contribution in [2.24, 2.45) is 5.73 Å². The Labute approximate surface area is 93.6 Å². The van der Waals surface area contributed by atoms with E-state index in [-0.39, 0.29) is 29.7 Å². The van der Waals surface area contributed by atoms with Crippen molar-refractivity contribution in [1.82, 2.24) is 4.98 Å². The normalized spacial score (nSPS) is 10.2. The molecule has 0 fully saturated rings. The van der Waals surface area contributed by atoms with Crippen molar-refractivity contribution < 1.29 is 14.3 Å². The summed E-state index contributed by atoms with van der Waals surface area (Å²) in [5, 5.41) is 0. The van der Waals surface area contributed by atoms with Crippen LogP contribution < -0.4 is 5.73 Å². The first-order valence-electron chi connectivity index (χ1n) is 4.95. The van der Waals surface area contributed by atoms with Crippen LogP contribution in [0.3, 0.4) is 0 Å². The van der Waals surface area contributed by atoms with Gasteiger partial charge in [0.1, 0.15) is 0 Å². The summed E-state index contributed by atoms with van der Waals surface area (Å²) in [6.07, 6.45) is 1.18. The van der Waals surface area contributed by atoms with Crippen molar-refractivity contribution in [1.29, 1.82) is 0 Å². The molecule has 0 atom stereocenters. The fourth-order valence-electron chi connectivity index (χ4n) is 1.17. The number of nitrogens with zero attached hydrogens (tertiary/aromatic N) is 1. The molecule has 0 saturated carbocycles. The molecule has 0 spiro atoms. The third-order valence-corrected chi connectivity index (χ3v) is 1.83. The number of pyridine rings is 1. The fourth-order valence-corrected chi connectivity index (χ4v) is 1.17. The summed E-state index contributed by atoms with van der Waals surface area (Å²) in [4.78, 5) is 26.9. The van der Waals surface area contributed by atoms with E-state index in [4.69, 9.17) is 10.5 Å². The zero-order chi connectivity index (χ0) is 12.1. The summed E-state index contributed by atoms with van der Waals surface area (Å²) in [5.74, 6) is -0.934. The average molecular weight is 222 g/mol. The second-order valence-corrected chi connectivity index (χ2v) is 3.48. The van der Waals surface area contributed by atoms with E-state index in [1.54, 1.807) is 19.9 Å². The van der Waals surface area contributed by atoms with Crippen molar-refractivity contribution >= 4 is 11.8 Å². The van der Waals surface area contributed by atoms with Crippen LogP contribution in [0, 0.1) is 0 Å². The summed E-state index contributed by atoms with van der Waals surface area (Å²) < 4.78 is 4.98. The molecule has 0 amide bonds. The third-order valence-electron chi connectivity index (χ3n) is 1.83. The predicted molar refractivity (Wildman–Crippen MR) is 58.2 cm³/mol. The van der Waals surface area contributed by atoms with Crippen LogP contribution >= 0.6 is 0 Å². The molecule has 0 unspecified atom stereocenters. The zero-order valence-electron chi connectivity index (χ0n) is 9.27. The summed E-state index contributed by atoms with van der Waals surface area (Å²) in [6, 6.07) is 3.09. The van der Waals surface area contributed by atoms with Crippen LogP contribution in [0.2, 0.25) is 0 Å². The quantitative estimate of drug-likeness (QED) is 0.601. The number of esters is 1. The molecule has 0 saturated heterocycles. The van der Waals surface area contributed by atoms with E-state index in [0.717, 1.165) is 0 Å². The molecular weight excluding hydrogens is 208 g/mol. The van der Waals surface area contributed by atoms with Gasteiger partial charge < -0.3 is 10.5 Å². The second kappa shape index (κ2) is 5.37. The smallest absolute Gasteiger partial charge is 0.357 e. The van der Waals surface area contributed by atoms with E-state index in [0.29, 0.717) is 0 Å². The van der Waals surface area contributed by atoms with Crippen LogP contribution in [0.1, 0.15) is 34.7 Å². The maximum atomic E-state index is 11.6. The highest BCUT2D eigenvalue weighted by molar-refractivity contribution is 6.05. The maximum Gasteiger partial charge on any atom is 0.357 e. The highest BCUT2D eigenvalue weighted by atomic mass is 16.5. The van der Waals surface area contributed by atoms with Crippen LogP contribution in [0.25, 0.3) is 0 Å². The molecule has 16 heavy (non-hydrogen) atoms. The number of hydrogen-bond donors (Lipinski definition) is 1. The Morgan fingerprint density at radius 1 is 1.50 bits per heavy atom. The van der Waals surface area contributed by atoms with E-state index in [2.05, 4.69) is 4.98 Å². The molecule has 2 N–H and O–H groups in total. The van der Waals surface area contributed by atoms with Crippen molar-refractivity contribution in [3.8, 4) is 0 Å². The van der Waals surface area contributed by atoms with Gasteiger partial charge in [0.25, 0.3) is 0 Å². The van der Waals surface area contributed by atoms with Gasteiger partial charge in [-0.3, -0.25) is 4.79 Å². The van der Waals surface area contributed by atoms with Crippen LogP contribution in [0.15, 0.2) is 18.3 Å². The number of carbonyl (C=O) groups excluding carboxylic acids is 2. The first kappa shape index (κ1) is 12.3. The van der Waals surface area contributed by atoms with Crippen LogP contribution in [-0.4, -0.2) is 29.4 Å². The molecule has 5 nitrogen and oxygen atoms in total. The molecule has 0 radical (unpaired) electrons. The van der Waals surface area contributed by atoms with Crippen LogP contribution in [0.4, 0.5) is 0 Å². The van der Waals surface area contributed by atoms with Gasteiger partial charge in [-0.1, -0.05) is 0 Å². The van der Waals surface area contributed by atoms with E-state index in [1.807, 2.05) is 0 Å². The fraction of sp³-hybridized carbons (Fsp3) is 0.364. The van der Waals surface area contributed by atoms with Gasteiger partial charge in [-0.25, -0.2) is 9.78 Å². The predicted octanol–water partition coefficient (Wildman–Crippen LogP) is 0.788. The number of ether oxygens (including phenoxy) is 1. The summed E-state index contributed by atoms with van der Waals surface area (Å²) >= 11 is 0. The number of aromatic nitrogens is 1. The summed E-state index contributed by atoms with van der Waals surface area (Å²) in [7, 11) is 0. The lowest BCUT2D eigenvalue weighted by Gasteiger charge is -2.09. The Kier molecular flexibility index (Phi) is 4.13. The number of nitrogens with two attached hydrogens (primary N) is 1. The van der Waals surface area contributed by atoms with Gasteiger partial charge in [-0.2, -0.15) is 0 Å². The first-order chi connectivity index (χ1) is 7.56. The Hall–Kier alpha value is -1.75. The topological polar surface area (TPSA) is 82.3 Å². The van der Waals surface area contributed by atoms with Gasteiger partial charge in [-0.15, -0.1) is 0 Å². The third kappa shape index (κ3) is 2.87. The maximum absolute atomic E-state index is 11.6. The average Bonchev–Trinajstić information content (AvgIpc) is 2.27. The highest BCUT2D eigenvalue weighted by Crippen LogP contribution is 2.08. The Balaban J connectivity index is 3.03. The molecule has 5 heteroatoms. The van der Waals surface area contributed by atoms with Crippen molar-refractivity contribution in [3.05, 3.63) is 29.6 Å². The summed E-state index contributed by atoms with van der Waals surface area (Å²) in [6.45, 7) is 3.30. The molecule has 1 heterocycles. The Bertz CT molecular complexity index is 402. The van der Waals surface area contributed by atoms with E-state index in [9.17, 15) is 9.59 Å². The molecule has 0 aromatic carbocycles. The van der Waals surface area contributed by atoms with Crippen molar-refractivity contribution in [2.45, 2.75) is 20.0 Å². The Morgan fingerprint density at radius 3 is 2.75 bits per heavy atom. The zero-order valence-corrected chi connectivity index (χ0v) is 9.27. The minimum Gasteiger partial charge on any atom is -0.458 e. The standard InChI is InChI=1S/C11H14N2O3/c1-7(2)16-11(15)10-8(9(14)6-12)4-3-5-13-10/h3-5,7H,6,12H2,1-2H3. The lowest BCUT2D eigenvalue weighted by molar-refractivity contribution is 0.0368. The number of ketones is 1. The lowest BCUT2D eigenvalue weighted by atomic mass is 10.1. The Morgan fingerprint density at radius 2 is 2.19 bits per heavy atom. The van der Waals surface area contributed by atoms with E-state index < -0.39 is 5.97 Å². The van der Waals surface area contributed by atoms with Crippen molar-refractivity contribution in [2.75, 3.05) is 6.54 Å². The van der Waals surface area contributed by atoms with Gasteiger partial charge in [0.2, 0.25) is 0 Å². The number of hydrogen-bond acceptors (Lipinski definition) is 5. The minimum absolute atomic E-state index is 0.0200. The van der Waals surface area contributed by atoms with E-state index >= 15 is 0 Å². The largest absolute Gasteiger partial charge is 0.458 e. The molecule has 0 aliphatic carbocycles. The number of rotatable bonds is 4. The van der Waals surface area contributed by atoms with Crippen molar-refractivity contribution in [3.63, 3.8) is 0 Å². The number of carbonyl (C=O) groups is 2. The second-order valence-electron chi connectivity index (χ2n) is 3.48. The molecule has 0 aliphatic heterocycles. The molecule has 1 rings (SSSR count). The highest BCUT2D eigenvalue weighted by Gasteiger charge is 2.19. The van der Waals surface area contributed by atoms with Gasteiger partial charge in [0, 0.05) is 6.20 Å². The van der Waals surface area contributed by atoms with Crippen LogP contribution in [0.5, 0.6) is 0 Å². The van der Waals surface area contributed by atoms with E-state index in [1.165, 1.54) is 12.3 Å². The molecule has 1 aromatic heterocycles. The molecule has 86 valence electrons.